The van der Waals surface area contributed by atoms with E-state index in [0.717, 1.165) is 17.7 Å². The molecule has 3 rings (SSSR count). The third-order valence-electron chi connectivity index (χ3n) is 4.95. The van der Waals surface area contributed by atoms with Crippen LogP contribution in [0.3, 0.4) is 0 Å². The maximum absolute atomic E-state index is 14.4. The molecule has 7 nitrogen and oxygen atoms in total. The molecule has 0 aromatic heterocycles. The molecule has 2 N–H and O–H groups in total. The number of allylic oxidation sites excluding steroid dienone is 1. The zero-order valence-corrected chi connectivity index (χ0v) is 16.2. The number of amides is 1. The Morgan fingerprint density at radius 1 is 1.29 bits per heavy atom. The van der Waals surface area contributed by atoms with Crippen LogP contribution in [0.4, 0.5) is 13.6 Å². The Labute approximate surface area is 162 Å². The van der Waals surface area contributed by atoms with Crippen LogP contribution in [0.25, 0.3) is 0 Å². The van der Waals surface area contributed by atoms with Crippen LogP contribution in [-0.4, -0.2) is 49.3 Å². The van der Waals surface area contributed by atoms with Crippen molar-refractivity contribution in [1.29, 1.82) is 0 Å². The Morgan fingerprint density at radius 3 is 2.61 bits per heavy atom. The molecule has 1 aromatic rings. The lowest BCUT2D eigenvalue weighted by Crippen LogP contribution is -2.52. The number of carbonyl (C=O) groups excluding carboxylic acids is 1. The van der Waals surface area contributed by atoms with Crippen molar-refractivity contribution < 1.29 is 27.9 Å². The predicted molar refractivity (Wildman–Crippen MR) is 97.5 cm³/mol. The molecule has 1 fully saturated rings. The summed E-state index contributed by atoms with van der Waals surface area (Å²) in [6.45, 7) is 7.02. The number of hydroxylamine groups is 1. The first-order chi connectivity index (χ1) is 13.4. The maximum atomic E-state index is 14.4. The lowest BCUT2D eigenvalue weighted by molar-refractivity contribution is 0.0744. The Kier molecular flexibility index (Phi) is 6.35. The third kappa shape index (κ3) is 4.53. The molecule has 0 aliphatic carbocycles. The van der Waals surface area contributed by atoms with Crippen LogP contribution >= 0.6 is 0 Å². The van der Waals surface area contributed by atoms with Gasteiger partial charge in [0, 0.05) is 43.4 Å². The van der Waals surface area contributed by atoms with E-state index >= 15 is 0 Å². The molecule has 0 radical (unpaired) electrons. The number of hydrogen-bond donors (Lipinski definition) is 2. The number of piperazine rings is 1. The molecular weight excluding hydrogens is 372 g/mol. The first-order valence-corrected chi connectivity index (χ1v) is 9.23. The zero-order valence-electron chi connectivity index (χ0n) is 16.2. The van der Waals surface area contributed by atoms with Crippen molar-refractivity contribution in [2.75, 3.05) is 26.2 Å². The van der Waals surface area contributed by atoms with E-state index in [1.54, 1.807) is 11.8 Å². The molecule has 2 aliphatic heterocycles. The van der Waals surface area contributed by atoms with Crippen LogP contribution in [0.2, 0.25) is 0 Å². The summed E-state index contributed by atoms with van der Waals surface area (Å²) in [7, 11) is 0. The van der Waals surface area contributed by atoms with Gasteiger partial charge in [0.1, 0.15) is 36.4 Å². The van der Waals surface area contributed by atoms with Crippen molar-refractivity contribution >= 4 is 6.09 Å². The van der Waals surface area contributed by atoms with Crippen molar-refractivity contribution in [3.8, 4) is 5.75 Å². The van der Waals surface area contributed by atoms with Gasteiger partial charge in [-0.3, -0.25) is 0 Å². The van der Waals surface area contributed by atoms with Crippen LogP contribution in [0, 0.1) is 11.6 Å². The van der Waals surface area contributed by atoms with Gasteiger partial charge in [0.05, 0.1) is 11.6 Å². The average Bonchev–Trinajstić information content (AvgIpc) is 2.97. The molecule has 2 atom stereocenters. The Morgan fingerprint density at radius 2 is 2.00 bits per heavy atom. The van der Waals surface area contributed by atoms with Crippen molar-refractivity contribution in [3.63, 3.8) is 0 Å². The second kappa shape index (κ2) is 8.74. The normalized spacial score (nSPS) is 22.2. The largest absolute Gasteiger partial charge is 0.489 e. The molecule has 0 spiro atoms. The number of ether oxygens (including phenoxy) is 2. The molecule has 0 saturated carbocycles. The van der Waals surface area contributed by atoms with Gasteiger partial charge in [0.2, 0.25) is 0 Å². The predicted octanol–water partition coefficient (Wildman–Crippen LogP) is 2.47. The van der Waals surface area contributed by atoms with Crippen LogP contribution in [-0.2, 0) is 16.2 Å². The SMILES string of the molecule is CC1=C(COc2cc(F)c(COC(=O)N3CCNC[C@@H]3C)c(F)c2)C(C)NO1. The summed E-state index contributed by atoms with van der Waals surface area (Å²) in [4.78, 5) is 18.9. The monoisotopic (exact) mass is 397 g/mol. The first-order valence-electron chi connectivity index (χ1n) is 9.23. The summed E-state index contributed by atoms with van der Waals surface area (Å²) in [6, 6.07) is 2.09. The fourth-order valence-corrected chi connectivity index (χ4v) is 3.14. The highest BCUT2D eigenvalue weighted by molar-refractivity contribution is 5.68. The summed E-state index contributed by atoms with van der Waals surface area (Å²) >= 11 is 0. The maximum Gasteiger partial charge on any atom is 0.410 e. The summed E-state index contributed by atoms with van der Waals surface area (Å²) < 4.78 is 39.3. The molecular formula is C19H25F2N3O4. The number of halogens is 2. The zero-order chi connectivity index (χ0) is 20.3. The molecule has 1 saturated heterocycles. The van der Waals surface area contributed by atoms with E-state index in [0.29, 0.717) is 25.4 Å². The number of rotatable bonds is 5. The van der Waals surface area contributed by atoms with Crippen LogP contribution < -0.4 is 15.5 Å². The van der Waals surface area contributed by atoms with Gasteiger partial charge in [0.25, 0.3) is 0 Å². The number of nitrogens with one attached hydrogen (secondary N) is 2. The summed E-state index contributed by atoms with van der Waals surface area (Å²) in [5.74, 6) is -0.911. The molecule has 1 unspecified atom stereocenters. The van der Waals surface area contributed by atoms with Gasteiger partial charge in [-0.25, -0.2) is 13.6 Å². The van der Waals surface area contributed by atoms with E-state index in [9.17, 15) is 13.6 Å². The van der Waals surface area contributed by atoms with Gasteiger partial charge < -0.3 is 24.5 Å². The van der Waals surface area contributed by atoms with E-state index in [1.165, 1.54) is 0 Å². The Bertz CT molecular complexity index is 749. The smallest absolute Gasteiger partial charge is 0.410 e. The van der Waals surface area contributed by atoms with Gasteiger partial charge in [-0.15, -0.1) is 0 Å². The third-order valence-corrected chi connectivity index (χ3v) is 4.95. The van der Waals surface area contributed by atoms with Crippen molar-refractivity contribution in [1.82, 2.24) is 15.7 Å². The van der Waals surface area contributed by atoms with Crippen LogP contribution in [0.15, 0.2) is 23.5 Å². The minimum Gasteiger partial charge on any atom is -0.489 e. The van der Waals surface area contributed by atoms with Gasteiger partial charge in [-0.1, -0.05) is 0 Å². The van der Waals surface area contributed by atoms with Gasteiger partial charge in [-0.2, -0.15) is 5.48 Å². The van der Waals surface area contributed by atoms with Gasteiger partial charge >= 0.3 is 6.09 Å². The molecule has 0 bridgehead atoms. The van der Waals surface area contributed by atoms with E-state index in [2.05, 4.69) is 10.8 Å². The van der Waals surface area contributed by atoms with E-state index in [-0.39, 0.29) is 30.0 Å². The second-order valence-corrected chi connectivity index (χ2v) is 6.98. The number of nitrogens with zero attached hydrogens (tertiary/aromatic N) is 1. The van der Waals surface area contributed by atoms with Gasteiger partial charge in [-0.05, 0) is 20.8 Å². The minimum absolute atomic E-state index is 0.0408. The van der Waals surface area contributed by atoms with Gasteiger partial charge in [0.15, 0.2) is 0 Å². The molecule has 1 amide bonds. The standard InChI is InChI=1S/C19H25F2N3O4/c1-11-8-22-4-5-24(11)19(25)27-10-16-17(20)6-14(7-18(16)21)26-9-15-12(2)23-28-13(15)3/h6-7,11-12,22-23H,4-5,8-10H2,1-3H3/t11-,12?/m0/s1. The number of benzene rings is 1. The van der Waals surface area contributed by atoms with Crippen molar-refractivity contribution in [2.24, 2.45) is 0 Å². The lowest BCUT2D eigenvalue weighted by Gasteiger charge is -2.33. The highest BCUT2D eigenvalue weighted by atomic mass is 19.1. The average molecular weight is 397 g/mol. The van der Waals surface area contributed by atoms with E-state index < -0.39 is 24.3 Å². The fourth-order valence-electron chi connectivity index (χ4n) is 3.14. The lowest BCUT2D eigenvalue weighted by atomic mass is 10.1. The number of carbonyl (C=O) groups is 1. The topological polar surface area (TPSA) is 72.1 Å². The summed E-state index contributed by atoms with van der Waals surface area (Å²) in [6.07, 6.45) is -0.585. The number of hydrogen-bond acceptors (Lipinski definition) is 6. The molecule has 2 aliphatic rings. The molecule has 9 heteroatoms. The second-order valence-electron chi connectivity index (χ2n) is 6.98. The molecule has 154 valence electrons. The molecule has 1 aromatic carbocycles. The molecule has 28 heavy (non-hydrogen) atoms. The van der Waals surface area contributed by atoms with Crippen molar-refractivity contribution in [2.45, 2.75) is 39.5 Å². The quantitative estimate of drug-likeness (QED) is 0.796. The molecule has 2 heterocycles. The summed E-state index contributed by atoms with van der Waals surface area (Å²) in [5.41, 5.74) is 3.34. The first kappa shape index (κ1) is 20.3. The fraction of sp³-hybridized carbons (Fsp3) is 0.526. The van der Waals surface area contributed by atoms with E-state index in [4.69, 9.17) is 14.3 Å². The van der Waals surface area contributed by atoms with E-state index in [1.807, 2.05) is 13.8 Å². The van der Waals surface area contributed by atoms with Crippen LogP contribution in [0.1, 0.15) is 26.3 Å². The van der Waals surface area contributed by atoms with Crippen molar-refractivity contribution in [3.05, 3.63) is 40.7 Å². The highest BCUT2D eigenvalue weighted by Gasteiger charge is 2.25. The Hall–Kier alpha value is -2.39. The highest BCUT2D eigenvalue weighted by Crippen LogP contribution is 2.24. The Balaban J connectivity index is 1.60. The minimum atomic E-state index is -0.823. The van der Waals surface area contributed by atoms with Crippen LogP contribution in [0.5, 0.6) is 5.75 Å². The summed E-state index contributed by atoms with van der Waals surface area (Å²) in [5, 5.41) is 3.16.